The SMILES string of the molecule is CCOc1cc(/C=C2\N=C(c3ccc(C(C)C)cc3)OC2=O)ccc1OC(=O)c1ccccc1. The molecule has 0 N–H and O–H groups in total. The highest BCUT2D eigenvalue weighted by molar-refractivity contribution is 6.12. The fourth-order valence-corrected chi connectivity index (χ4v) is 3.40. The number of carbonyl (C=O) groups is 2. The molecule has 0 saturated carbocycles. The van der Waals surface area contributed by atoms with Gasteiger partial charge in [-0.05, 0) is 66.4 Å². The average molecular weight is 456 g/mol. The Kier molecular flexibility index (Phi) is 6.87. The zero-order valence-electron chi connectivity index (χ0n) is 19.3. The molecule has 0 amide bonds. The molecule has 4 rings (SSSR count). The summed E-state index contributed by atoms with van der Waals surface area (Å²) in [6.07, 6.45) is 1.61. The van der Waals surface area contributed by atoms with Crippen molar-refractivity contribution in [2.75, 3.05) is 6.61 Å². The van der Waals surface area contributed by atoms with Gasteiger partial charge >= 0.3 is 11.9 Å². The monoisotopic (exact) mass is 455 g/mol. The third-order valence-electron chi connectivity index (χ3n) is 5.23. The van der Waals surface area contributed by atoms with Crippen LogP contribution in [0.4, 0.5) is 0 Å². The fourth-order valence-electron chi connectivity index (χ4n) is 3.40. The summed E-state index contributed by atoms with van der Waals surface area (Å²) in [4.78, 5) is 29.2. The summed E-state index contributed by atoms with van der Waals surface area (Å²) >= 11 is 0. The molecule has 0 aromatic heterocycles. The maximum atomic E-state index is 12.4. The lowest BCUT2D eigenvalue weighted by atomic mass is 10.0. The van der Waals surface area contributed by atoms with Gasteiger partial charge in [0, 0.05) is 5.56 Å². The molecule has 0 spiro atoms. The van der Waals surface area contributed by atoms with Crippen molar-refractivity contribution < 1.29 is 23.8 Å². The summed E-state index contributed by atoms with van der Waals surface area (Å²) in [5, 5.41) is 0. The fraction of sp³-hybridized carbons (Fsp3) is 0.179. The summed E-state index contributed by atoms with van der Waals surface area (Å²) in [5.74, 6) is 0.351. The molecule has 6 heteroatoms. The molecule has 1 aliphatic rings. The zero-order valence-corrected chi connectivity index (χ0v) is 19.3. The van der Waals surface area contributed by atoms with E-state index in [0.717, 1.165) is 5.56 Å². The Bertz CT molecular complexity index is 1260. The molecule has 1 aliphatic heterocycles. The normalized spacial score (nSPS) is 14.2. The van der Waals surface area contributed by atoms with Gasteiger partial charge in [-0.25, -0.2) is 14.6 Å². The summed E-state index contributed by atoms with van der Waals surface area (Å²) in [7, 11) is 0. The van der Waals surface area contributed by atoms with Crippen LogP contribution in [-0.2, 0) is 9.53 Å². The molecule has 0 radical (unpaired) electrons. The van der Waals surface area contributed by atoms with Gasteiger partial charge in [0.2, 0.25) is 5.90 Å². The maximum absolute atomic E-state index is 12.4. The maximum Gasteiger partial charge on any atom is 0.363 e. The molecule has 0 aliphatic carbocycles. The molecular formula is C28H25NO5. The molecule has 0 unspecified atom stereocenters. The molecule has 34 heavy (non-hydrogen) atoms. The van der Waals surface area contributed by atoms with Crippen LogP contribution in [0.3, 0.4) is 0 Å². The van der Waals surface area contributed by atoms with E-state index in [1.807, 2.05) is 37.3 Å². The molecule has 0 bridgehead atoms. The average Bonchev–Trinajstić information content (AvgIpc) is 3.21. The van der Waals surface area contributed by atoms with Crippen LogP contribution in [0.15, 0.2) is 83.5 Å². The van der Waals surface area contributed by atoms with Gasteiger partial charge in [-0.15, -0.1) is 0 Å². The van der Waals surface area contributed by atoms with Crippen molar-refractivity contribution in [1.29, 1.82) is 0 Å². The van der Waals surface area contributed by atoms with E-state index in [1.54, 1.807) is 48.5 Å². The molecular weight excluding hydrogens is 430 g/mol. The summed E-state index contributed by atoms with van der Waals surface area (Å²) in [6, 6.07) is 21.6. The summed E-state index contributed by atoms with van der Waals surface area (Å²) in [6.45, 7) is 6.46. The van der Waals surface area contributed by atoms with E-state index in [0.29, 0.717) is 35.2 Å². The lowest BCUT2D eigenvalue weighted by molar-refractivity contribution is -0.129. The smallest absolute Gasteiger partial charge is 0.363 e. The largest absolute Gasteiger partial charge is 0.490 e. The van der Waals surface area contributed by atoms with Gasteiger partial charge in [0.05, 0.1) is 12.2 Å². The van der Waals surface area contributed by atoms with Crippen molar-refractivity contribution >= 4 is 23.9 Å². The van der Waals surface area contributed by atoms with E-state index >= 15 is 0 Å². The number of carbonyl (C=O) groups excluding carboxylic acids is 2. The van der Waals surface area contributed by atoms with E-state index in [1.165, 1.54) is 5.56 Å². The molecule has 172 valence electrons. The van der Waals surface area contributed by atoms with Gasteiger partial charge in [-0.1, -0.05) is 50.2 Å². The van der Waals surface area contributed by atoms with E-state index in [2.05, 4.69) is 18.8 Å². The number of rotatable bonds is 7. The third-order valence-corrected chi connectivity index (χ3v) is 5.23. The number of nitrogens with zero attached hydrogens (tertiary/aromatic N) is 1. The van der Waals surface area contributed by atoms with Crippen LogP contribution in [0.2, 0.25) is 0 Å². The van der Waals surface area contributed by atoms with E-state index in [9.17, 15) is 9.59 Å². The third kappa shape index (κ3) is 5.23. The van der Waals surface area contributed by atoms with Gasteiger partial charge < -0.3 is 14.2 Å². The highest BCUT2D eigenvalue weighted by Gasteiger charge is 2.24. The predicted octanol–water partition coefficient (Wildman–Crippen LogP) is 5.77. The molecule has 1 heterocycles. The van der Waals surface area contributed by atoms with Crippen LogP contribution in [0.1, 0.15) is 53.7 Å². The molecule has 3 aromatic rings. The first-order valence-corrected chi connectivity index (χ1v) is 11.1. The Morgan fingerprint density at radius 3 is 2.41 bits per heavy atom. The number of ether oxygens (including phenoxy) is 3. The first kappa shape index (κ1) is 23.0. The topological polar surface area (TPSA) is 74.2 Å². The minimum atomic E-state index is -0.527. The Labute approximate surface area is 198 Å². The van der Waals surface area contributed by atoms with Crippen molar-refractivity contribution in [2.45, 2.75) is 26.7 Å². The standard InChI is InChI=1S/C28H25NO5/c1-4-32-25-17-19(10-15-24(25)33-27(30)22-8-6-5-7-9-22)16-23-28(31)34-26(29-23)21-13-11-20(12-14-21)18(2)3/h5-18H,4H2,1-3H3/b23-16-. The Morgan fingerprint density at radius 1 is 1.00 bits per heavy atom. The van der Waals surface area contributed by atoms with Crippen LogP contribution >= 0.6 is 0 Å². The lowest BCUT2D eigenvalue weighted by Crippen LogP contribution is -2.09. The Balaban J connectivity index is 1.57. The quantitative estimate of drug-likeness (QED) is 0.257. The number of benzene rings is 3. The van der Waals surface area contributed by atoms with Crippen molar-refractivity contribution in [1.82, 2.24) is 0 Å². The van der Waals surface area contributed by atoms with Crippen LogP contribution < -0.4 is 9.47 Å². The Morgan fingerprint density at radius 2 is 1.74 bits per heavy atom. The second-order valence-corrected chi connectivity index (χ2v) is 8.01. The highest BCUT2D eigenvalue weighted by Crippen LogP contribution is 2.31. The predicted molar refractivity (Wildman–Crippen MR) is 130 cm³/mol. The molecule has 0 saturated heterocycles. The second-order valence-electron chi connectivity index (χ2n) is 8.01. The second kappa shape index (κ2) is 10.2. The number of esters is 2. The number of hydrogen-bond donors (Lipinski definition) is 0. The highest BCUT2D eigenvalue weighted by atomic mass is 16.6. The minimum absolute atomic E-state index is 0.180. The molecule has 3 aromatic carbocycles. The van der Waals surface area contributed by atoms with Crippen molar-refractivity contribution in [3.8, 4) is 11.5 Å². The van der Waals surface area contributed by atoms with Gasteiger partial charge in [-0.2, -0.15) is 0 Å². The Hall–Kier alpha value is -4.19. The summed E-state index contributed by atoms with van der Waals surface area (Å²) < 4.78 is 16.6. The first-order chi connectivity index (χ1) is 16.4. The molecule has 6 nitrogen and oxygen atoms in total. The molecule has 0 atom stereocenters. The minimum Gasteiger partial charge on any atom is -0.490 e. The summed E-state index contributed by atoms with van der Waals surface area (Å²) in [5.41, 5.74) is 3.21. The number of cyclic esters (lactones) is 1. The lowest BCUT2D eigenvalue weighted by Gasteiger charge is -2.11. The first-order valence-electron chi connectivity index (χ1n) is 11.1. The van der Waals surface area contributed by atoms with Gasteiger partial charge in [0.15, 0.2) is 17.2 Å². The van der Waals surface area contributed by atoms with E-state index in [-0.39, 0.29) is 11.6 Å². The zero-order chi connectivity index (χ0) is 24.1. The van der Waals surface area contributed by atoms with Crippen molar-refractivity contribution in [2.24, 2.45) is 4.99 Å². The van der Waals surface area contributed by atoms with Crippen LogP contribution in [0.25, 0.3) is 6.08 Å². The van der Waals surface area contributed by atoms with Gasteiger partial charge in [0.1, 0.15) is 0 Å². The van der Waals surface area contributed by atoms with Crippen LogP contribution in [0, 0.1) is 0 Å². The van der Waals surface area contributed by atoms with Crippen molar-refractivity contribution in [3.05, 3.63) is 101 Å². The van der Waals surface area contributed by atoms with Crippen LogP contribution in [-0.4, -0.2) is 24.4 Å². The van der Waals surface area contributed by atoms with Crippen LogP contribution in [0.5, 0.6) is 11.5 Å². The van der Waals surface area contributed by atoms with Crippen molar-refractivity contribution in [3.63, 3.8) is 0 Å². The van der Waals surface area contributed by atoms with E-state index < -0.39 is 11.9 Å². The van der Waals surface area contributed by atoms with Gasteiger partial charge in [0.25, 0.3) is 0 Å². The number of hydrogen-bond acceptors (Lipinski definition) is 6. The number of aliphatic imine (C=N–C) groups is 1. The molecule has 0 fully saturated rings. The van der Waals surface area contributed by atoms with Gasteiger partial charge in [-0.3, -0.25) is 0 Å². The van der Waals surface area contributed by atoms with E-state index in [4.69, 9.17) is 14.2 Å².